The maximum Gasteiger partial charge on any atom is 0.301 e. The molecule has 13 heteroatoms. The van der Waals surface area contributed by atoms with E-state index in [2.05, 4.69) is 29.0 Å². The quantitative estimate of drug-likeness (QED) is 0.0521. The second-order valence-electron chi connectivity index (χ2n) is 10.5. The molecular formula is C32H30Cl2N4O5S2. The second-order valence-corrected chi connectivity index (χ2v) is 13.5. The number of pyridine rings is 1. The predicted octanol–water partition coefficient (Wildman–Crippen LogP) is 7.98. The summed E-state index contributed by atoms with van der Waals surface area (Å²) in [5, 5.41) is 21.2. The molecule has 3 heterocycles. The number of hydrogen-bond donors (Lipinski definition) is 1. The van der Waals surface area contributed by atoms with E-state index >= 15 is 0 Å². The zero-order valence-electron chi connectivity index (χ0n) is 24.7. The number of hydrogen-bond acceptors (Lipinski definition) is 10. The van der Waals surface area contributed by atoms with Gasteiger partial charge in [0.25, 0.3) is 5.78 Å². The molecule has 0 radical (unpaired) electrons. The van der Waals surface area contributed by atoms with Gasteiger partial charge < -0.3 is 14.6 Å². The smallest absolute Gasteiger partial charge is 0.301 e. The molecule has 234 valence electrons. The molecule has 1 atom stereocenters. The summed E-state index contributed by atoms with van der Waals surface area (Å²) >= 11 is 14.9. The van der Waals surface area contributed by atoms with Gasteiger partial charge in [0.15, 0.2) is 15.8 Å². The number of aliphatic hydroxyl groups excluding tert-OH is 1. The van der Waals surface area contributed by atoms with Crippen molar-refractivity contribution in [2.24, 2.45) is 5.92 Å². The molecule has 2 aromatic carbocycles. The Kier molecular flexibility index (Phi) is 10.7. The van der Waals surface area contributed by atoms with Gasteiger partial charge in [-0.3, -0.25) is 19.5 Å². The number of rotatable bonds is 12. The maximum atomic E-state index is 13.6. The van der Waals surface area contributed by atoms with Gasteiger partial charge in [0.05, 0.1) is 24.8 Å². The SMILES string of the molecule is CCOc1cc(C2C(=C(O)c3ccncc3)C(=O)C(=O)N2c2nnc(SCc3ccc(Cl)cc3Cl)s2)ccc1OCCC(C)C. The fourth-order valence-corrected chi connectivity index (χ4v) is 7.06. The van der Waals surface area contributed by atoms with Crippen molar-refractivity contribution in [2.75, 3.05) is 18.1 Å². The molecule has 5 rings (SSSR count). The van der Waals surface area contributed by atoms with E-state index in [9.17, 15) is 14.7 Å². The van der Waals surface area contributed by atoms with Crippen LogP contribution in [-0.2, 0) is 15.3 Å². The van der Waals surface area contributed by atoms with Crippen molar-refractivity contribution < 1.29 is 24.2 Å². The van der Waals surface area contributed by atoms with Crippen LogP contribution in [0.3, 0.4) is 0 Å². The fraction of sp³-hybridized carbons (Fsp3) is 0.281. The molecule has 1 saturated heterocycles. The largest absolute Gasteiger partial charge is 0.507 e. The molecule has 1 fully saturated rings. The number of Topliss-reactive ketones (excluding diaryl/α,β-unsaturated/α-hetero) is 1. The zero-order valence-corrected chi connectivity index (χ0v) is 27.8. The highest BCUT2D eigenvalue weighted by Crippen LogP contribution is 2.46. The van der Waals surface area contributed by atoms with Crippen LogP contribution in [0.1, 0.15) is 49.9 Å². The molecule has 0 aliphatic carbocycles. The summed E-state index contributed by atoms with van der Waals surface area (Å²) in [6.45, 7) is 6.97. The van der Waals surface area contributed by atoms with Gasteiger partial charge in [-0.05, 0) is 66.8 Å². The zero-order chi connectivity index (χ0) is 32.1. The van der Waals surface area contributed by atoms with Crippen LogP contribution < -0.4 is 14.4 Å². The van der Waals surface area contributed by atoms with E-state index in [-0.39, 0.29) is 16.5 Å². The molecule has 2 aromatic heterocycles. The first-order valence-corrected chi connectivity index (χ1v) is 16.7. The number of aliphatic hydroxyl groups is 1. The summed E-state index contributed by atoms with van der Waals surface area (Å²) in [7, 11) is 0. The van der Waals surface area contributed by atoms with Crippen molar-refractivity contribution in [3.8, 4) is 11.5 Å². The minimum Gasteiger partial charge on any atom is -0.507 e. The standard InChI is InChI=1S/C32H30Cl2N4O5S2/c1-4-42-25-15-20(6-8-24(25)43-14-11-18(2)3)27-26(28(39)19-9-12-35-13-10-19)29(40)30(41)38(27)31-36-37-32(45-31)44-17-21-5-7-22(33)16-23(21)34/h5-10,12-13,15-16,18,27,39H,4,11,14,17H2,1-3H3. The second kappa shape index (κ2) is 14.6. The van der Waals surface area contributed by atoms with Gasteiger partial charge in [0.1, 0.15) is 5.76 Å². The molecule has 0 spiro atoms. The summed E-state index contributed by atoms with van der Waals surface area (Å²) in [5.74, 6) is -0.0448. The lowest BCUT2D eigenvalue weighted by atomic mass is 9.95. The minimum atomic E-state index is -1.02. The van der Waals surface area contributed by atoms with Crippen molar-refractivity contribution in [3.05, 3.63) is 93.2 Å². The molecule has 4 aromatic rings. The first-order chi connectivity index (χ1) is 21.7. The number of halogens is 2. The maximum absolute atomic E-state index is 13.6. The number of ether oxygens (including phenoxy) is 2. The molecule has 1 unspecified atom stereocenters. The topological polar surface area (TPSA) is 115 Å². The molecule has 1 aliphatic heterocycles. The van der Waals surface area contributed by atoms with Gasteiger partial charge in [-0.25, -0.2) is 0 Å². The molecule has 9 nitrogen and oxygen atoms in total. The van der Waals surface area contributed by atoms with Gasteiger partial charge in [-0.15, -0.1) is 10.2 Å². The van der Waals surface area contributed by atoms with E-state index < -0.39 is 17.7 Å². The number of benzene rings is 2. The number of carbonyl (C=O) groups is 2. The first-order valence-electron chi connectivity index (χ1n) is 14.2. The summed E-state index contributed by atoms with van der Waals surface area (Å²) in [4.78, 5) is 32.5. The first kappa shape index (κ1) is 32.7. The van der Waals surface area contributed by atoms with Crippen LogP contribution in [0.2, 0.25) is 10.0 Å². The van der Waals surface area contributed by atoms with Gasteiger partial charge in [0.2, 0.25) is 5.13 Å². The van der Waals surface area contributed by atoms with E-state index in [1.807, 2.05) is 13.0 Å². The van der Waals surface area contributed by atoms with E-state index in [0.717, 1.165) is 23.3 Å². The highest BCUT2D eigenvalue weighted by molar-refractivity contribution is 8.00. The van der Waals surface area contributed by atoms with Gasteiger partial charge in [-0.2, -0.15) is 0 Å². The Hall–Kier alpha value is -3.64. The van der Waals surface area contributed by atoms with Crippen molar-refractivity contribution in [1.29, 1.82) is 0 Å². The molecule has 0 bridgehead atoms. The van der Waals surface area contributed by atoms with Gasteiger partial charge in [-0.1, -0.05) is 72.3 Å². The lowest BCUT2D eigenvalue weighted by Gasteiger charge is -2.23. The molecular weight excluding hydrogens is 655 g/mol. The van der Waals surface area contributed by atoms with E-state index in [0.29, 0.717) is 61.9 Å². The summed E-state index contributed by atoms with van der Waals surface area (Å²) in [6, 6.07) is 12.6. The fourth-order valence-electron chi connectivity index (χ4n) is 4.63. The molecule has 45 heavy (non-hydrogen) atoms. The Morgan fingerprint density at radius 1 is 1.04 bits per heavy atom. The van der Waals surface area contributed by atoms with Crippen molar-refractivity contribution >= 4 is 68.9 Å². The van der Waals surface area contributed by atoms with Gasteiger partial charge in [0, 0.05) is 33.8 Å². The predicted molar refractivity (Wildman–Crippen MR) is 178 cm³/mol. The van der Waals surface area contributed by atoms with Gasteiger partial charge >= 0.3 is 5.91 Å². The number of ketones is 1. The monoisotopic (exact) mass is 684 g/mol. The van der Waals surface area contributed by atoms with Crippen LogP contribution in [0.25, 0.3) is 5.76 Å². The lowest BCUT2D eigenvalue weighted by molar-refractivity contribution is -0.132. The van der Waals surface area contributed by atoms with E-state index in [4.69, 9.17) is 32.7 Å². The third-order valence-electron chi connectivity index (χ3n) is 6.90. The molecule has 0 saturated carbocycles. The van der Waals surface area contributed by atoms with Crippen LogP contribution in [0.15, 0.2) is 70.8 Å². The Morgan fingerprint density at radius 3 is 2.53 bits per heavy atom. The number of carbonyl (C=O) groups excluding carboxylic acids is 2. The Bertz CT molecular complexity index is 1730. The summed E-state index contributed by atoms with van der Waals surface area (Å²) in [5.41, 5.74) is 1.65. The molecule has 1 N–H and O–H groups in total. The van der Waals surface area contributed by atoms with Crippen molar-refractivity contribution in [1.82, 2.24) is 15.2 Å². The average Bonchev–Trinajstić information content (AvgIpc) is 3.59. The van der Waals surface area contributed by atoms with Crippen LogP contribution in [-0.4, -0.2) is 45.2 Å². The lowest BCUT2D eigenvalue weighted by Crippen LogP contribution is -2.29. The number of nitrogens with zero attached hydrogens (tertiary/aromatic N) is 4. The highest BCUT2D eigenvalue weighted by atomic mass is 35.5. The van der Waals surface area contributed by atoms with E-state index in [1.165, 1.54) is 29.1 Å². The number of amides is 1. The van der Waals surface area contributed by atoms with Crippen LogP contribution in [0, 0.1) is 5.92 Å². The Labute approximate surface area is 279 Å². The third kappa shape index (κ3) is 7.44. The van der Waals surface area contributed by atoms with Crippen molar-refractivity contribution in [2.45, 2.75) is 43.3 Å². The normalized spacial score (nSPS) is 16.0. The highest BCUT2D eigenvalue weighted by Gasteiger charge is 2.48. The Balaban J connectivity index is 1.54. The third-order valence-corrected chi connectivity index (χ3v) is 9.59. The summed E-state index contributed by atoms with van der Waals surface area (Å²) in [6.07, 6.45) is 3.86. The molecule has 1 amide bonds. The van der Waals surface area contributed by atoms with E-state index in [1.54, 1.807) is 42.5 Å². The van der Waals surface area contributed by atoms with Crippen LogP contribution in [0.4, 0.5) is 5.13 Å². The number of thioether (sulfide) groups is 1. The average molecular weight is 686 g/mol. The van der Waals surface area contributed by atoms with Crippen LogP contribution >= 0.6 is 46.3 Å². The number of aromatic nitrogens is 3. The molecule has 1 aliphatic rings. The minimum absolute atomic E-state index is 0.0838. The summed E-state index contributed by atoms with van der Waals surface area (Å²) < 4.78 is 12.5. The number of anilines is 1. The Morgan fingerprint density at radius 2 is 1.82 bits per heavy atom. The van der Waals surface area contributed by atoms with Crippen LogP contribution in [0.5, 0.6) is 11.5 Å². The van der Waals surface area contributed by atoms with Crippen molar-refractivity contribution in [3.63, 3.8) is 0 Å².